The Labute approximate surface area is 183 Å². The highest BCUT2D eigenvalue weighted by atomic mass is 32.1. The van der Waals surface area contributed by atoms with Gasteiger partial charge in [-0.25, -0.2) is 9.78 Å². The Bertz CT molecular complexity index is 1130. The summed E-state index contributed by atoms with van der Waals surface area (Å²) in [5, 5.41) is 5.93. The number of rotatable bonds is 7. The Hall–Kier alpha value is -3.52. The zero-order chi connectivity index (χ0) is 21.8. The van der Waals surface area contributed by atoms with Crippen molar-refractivity contribution in [2.24, 2.45) is 0 Å². The van der Waals surface area contributed by atoms with E-state index in [1.165, 1.54) is 18.4 Å². The maximum absolute atomic E-state index is 12.6. The van der Waals surface area contributed by atoms with Crippen molar-refractivity contribution in [2.75, 3.05) is 12.4 Å². The molecule has 3 aromatic rings. The second kappa shape index (κ2) is 9.09. The summed E-state index contributed by atoms with van der Waals surface area (Å²) in [7, 11) is 1.31. The predicted molar refractivity (Wildman–Crippen MR) is 117 cm³/mol. The zero-order valence-electron chi connectivity index (χ0n) is 16.9. The first-order valence-electron chi connectivity index (χ1n) is 9.86. The molecule has 0 spiro atoms. The van der Waals surface area contributed by atoms with Crippen LogP contribution in [0.4, 0.5) is 5.13 Å². The van der Waals surface area contributed by atoms with Crippen LogP contribution in [0.5, 0.6) is 0 Å². The van der Waals surface area contributed by atoms with E-state index in [1.54, 1.807) is 12.1 Å². The van der Waals surface area contributed by atoms with E-state index < -0.39 is 5.97 Å². The number of carbonyl (C=O) groups is 3. The molecule has 1 aromatic heterocycles. The summed E-state index contributed by atoms with van der Waals surface area (Å²) in [5.74, 6) is -1.00. The lowest BCUT2D eigenvalue weighted by molar-refractivity contribution is -0.116. The van der Waals surface area contributed by atoms with Crippen LogP contribution in [0.3, 0.4) is 0 Å². The lowest BCUT2D eigenvalue weighted by Crippen LogP contribution is -2.24. The molecule has 4 rings (SSSR count). The van der Waals surface area contributed by atoms with Gasteiger partial charge in [0.15, 0.2) is 10.8 Å². The predicted octanol–water partition coefficient (Wildman–Crippen LogP) is 3.53. The molecule has 2 N–H and O–H groups in total. The minimum Gasteiger partial charge on any atom is -0.464 e. The molecular weight excluding hydrogens is 414 g/mol. The van der Waals surface area contributed by atoms with E-state index in [2.05, 4.69) is 15.6 Å². The number of esters is 1. The van der Waals surface area contributed by atoms with E-state index in [1.807, 2.05) is 42.5 Å². The van der Waals surface area contributed by atoms with Crippen molar-refractivity contribution < 1.29 is 19.1 Å². The van der Waals surface area contributed by atoms with Crippen LogP contribution in [0, 0.1) is 0 Å². The molecule has 2 aromatic carbocycles. The van der Waals surface area contributed by atoms with Crippen molar-refractivity contribution in [3.05, 3.63) is 81.9 Å². The zero-order valence-corrected chi connectivity index (χ0v) is 17.7. The molecule has 0 bridgehead atoms. The van der Waals surface area contributed by atoms with Crippen molar-refractivity contribution in [3.8, 4) is 0 Å². The minimum atomic E-state index is -0.531. The molecule has 0 fully saturated rings. The van der Waals surface area contributed by atoms with E-state index in [-0.39, 0.29) is 30.0 Å². The Morgan fingerprint density at radius 2 is 1.84 bits per heavy atom. The van der Waals surface area contributed by atoms with Crippen molar-refractivity contribution in [2.45, 2.75) is 25.3 Å². The van der Waals surface area contributed by atoms with Crippen molar-refractivity contribution in [1.29, 1.82) is 0 Å². The molecule has 0 radical (unpaired) electrons. The van der Waals surface area contributed by atoms with Crippen LogP contribution in [0.15, 0.2) is 54.6 Å². The number of anilines is 1. The number of thiazole rings is 1. The van der Waals surface area contributed by atoms with Gasteiger partial charge in [0, 0.05) is 10.4 Å². The molecule has 0 saturated heterocycles. The number of hydrogen-bond donors (Lipinski definition) is 2. The monoisotopic (exact) mass is 435 g/mol. The number of ether oxygens (including phenoxy) is 1. The van der Waals surface area contributed by atoms with Crippen molar-refractivity contribution in [3.63, 3.8) is 0 Å². The summed E-state index contributed by atoms with van der Waals surface area (Å²) in [5.41, 5.74) is 2.76. The Balaban J connectivity index is 1.45. The first kappa shape index (κ1) is 20.7. The third-order valence-electron chi connectivity index (χ3n) is 5.08. The summed E-state index contributed by atoms with van der Waals surface area (Å²) in [6.07, 6.45) is 1.43. The van der Waals surface area contributed by atoms with E-state index in [9.17, 15) is 14.4 Å². The van der Waals surface area contributed by atoms with Gasteiger partial charge in [-0.15, -0.1) is 11.3 Å². The van der Waals surface area contributed by atoms with Crippen LogP contribution in [-0.4, -0.2) is 29.9 Å². The van der Waals surface area contributed by atoms with Gasteiger partial charge >= 0.3 is 5.97 Å². The summed E-state index contributed by atoms with van der Waals surface area (Å²) >= 11 is 1.26. The number of benzene rings is 2. The van der Waals surface area contributed by atoms with Crippen LogP contribution in [0.1, 0.15) is 49.3 Å². The van der Waals surface area contributed by atoms with E-state index in [0.717, 1.165) is 22.4 Å². The second-order valence-corrected chi connectivity index (χ2v) is 8.22. The van der Waals surface area contributed by atoms with Gasteiger partial charge in [-0.2, -0.15) is 0 Å². The molecule has 0 aliphatic carbocycles. The van der Waals surface area contributed by atoms with Crippen molar-refractivity contribution >= 4 is 34.3 Å². The van der Waals surface area contributed by atoms with Crippen LogP contribution in [-0.2, 0) is 22.4 Å². The SMILES string of the molecule is COC(=O)c1nc(NC(=O)CC2NC(=O)c3ccccc32)sc1CCc1ccccc1. The number of aryl methyl sites for hydroxylation is 2. The lowest BCUT2D eigenvalue weighted by Gasteiger charge is -2.10. The molecule has 7 nitrogen and oxygen atoms in total. The number of nitrogens with zero attached hydrogens (tertiary/aromatic N) is 1. The Morgan fingerprint density at radius 1 is 1.10 bits per heavy atom. The molecular formula is C23H21N3O4S. The third kappa shape index (κ3) is 4.64. The van der Waals surface area contributed by atoms with E-state index >= 15 is 0 Å². The number of hydrogen-bond acceptors (Lipinski definition) is 6. The molecule has 0 saturated carbocycles. The van der Waals surface area contributed by atoms with Gasteiger partial charge < -0.3 is 15.4 Å². The number of methoxy groups -OCH3 is 1. The topological polar surface area (TPSA) is 97.4 Å². The van der Waals surface area contributed by atoms with Gasteiger partial charge in [0.2, 0.25) is 5.91 Å². The maximum Gasteiger partial charge on any atom is 0.357 e. The first-order chi connectivity index (χ1) is 15.0. The molecule has 8 heteroatoms. The average molecular weight is 436 g/mol. The normalized spacial score (nSPS) is 14.6. The van der Waals surface area contributed by atoms with Gasteiger partial charge in [0.25, 0.3) is 5.91 Å². The number of fused-ring (bicyclic) bond motifs is 1. The molecule has 31 heavy (non-hydrogen) atoms. The molecule has 158 valence electrons. The van der Waals surface area contributed by atoms with Crippen LogP contribution < -0.4 is 10.6 Å². The lowest BCUT2D eigenvalue weighted by atomic mass is 10.0. The number of nitrogens with one attached hydrogen (secondary N) is 2. The van der Waals surface area contributed by atoms with E-state index in [0.29, 0.717) is 17.1 Å². The van der Waals surface area contributed by atoms with E-state index in [4.69, 9.17) is 4.74 Å². The highest BCUT2D eigenvalue weighted by Gasteiger charge is 2.30. The number of carbonyl (C=O) groups excluding carboxylic acids is 3. The third-order valence-corrected chi connectivity index (χ3v) is 6.11. The van der Waals surface area contributed by atoms with Crippen molar-refractivity contribution in [1.82, 2.24) is 10.3 Å². The van der Waals surface area contributed by atoms with Gasteiger partial charge in [-0.3, -0.25) is 9.59 Å². The fraction of sp³-hybridized carbons (Fsp3) is 0.217. The van der Waals surface area contributed by atoms with Gasteiger partial charge in [0.1, 0.15) is 0 Å². The fourth-order valence-corrected chi connectivity index (χ4v) is 4.54. The largest absolute Gasteiger partial charge is 0.464 e. The molecule has 2 heterocycles. The second-order valence-electron chi connectivity index (χ2n) is 7.13. The molecule has 1 unspecified atom stereocenters. The average Bonchev–Trinajstić information content (AvgIpc) is 3.33. The molecule has 1 aliphatic heterocycles. The fourth-order valence-electron chi connectivity index (χ4n) is 3.57. The number of amides is 2. The maximum atomic E-state index is 12.6. The van der Waals surface area contributed by atoms with Crippen LogP contribution >= 0.6 is 11.3 Å². The highest BCUT2D eigenvalue weighted by Crippen LogP contribution is 2.29. The summed E-state index contributed by atoms with van der Waals surface area (Å²) in [6, 6.07) is 16.8. The van der Waals surface area contributed by atoms with Gasteiger partial charge in [-0.05, 0) is 30.0 Å². The van der Waals surface area contributed by atoms with Crippen LogP contribution in [0.25, 0.3) is 0 Å². The molecule has 1 atom stereocenters. The van der Waals surface area contributed by atoms with Gasteiger partial charge in [0.05, 0.1) is 19.6 Å². The quantitative estimate of drug-likeness (QED) is 0.554. The van der Waals surface area contributed by atoms with Gasteiger partial charge in [-0.1, -0.05) is 48.5 Å². The van der Waals surface area contributed by atoms with Crippen LogP contribution in [0.2, 0.25) is 0 Å². The highest BCUT2D eigenvalue weighted by molar-refractivity contribution is 7.16. The summed E-state index contributed by atoms with van der Waals surface area (Å²) in [6.45, 7) is 0. The standard InChI is InChI=1S/C23H21N3O4S/c1-30-22(29)20-18(12-11-14-7-3-2-4-8-14)31-23(26-20)25-19(27)13-17-15-9-5-6-10-16(15)21(28)24-17/h2-10,17H,11-13H2,1H3,(H,24,28)(H,25,26,27). The Kier molecular flexibility index (Phi) is 6.08. The Morgan fingerprint density at radius 3 is 2.61 bits per heavy atom. The first-order valence-corrected chi connectivity index (χ1v) is 10.7. The molecule has 2 amide bonds. The smallest absolute Gasteiger partial charge is 0.357 e. The molecule has 1 aliphatic rings. The summed E-state index contributed by atoms with van der Waals surface area (Å²) in [4.78, 5) is 41.9. The minimum absolute atomic E-state index is 0.0786. The summed E-state index contributed by atoms with van der Waals surface area (Å²) < 4.78 is 4.85. The number of aromatic nitrogens is 1.